The molecule has 1 unspecified atom stereocenters. The van der Waals surface area contributed by atoms with Crippen molar-refractivity contribution in [3.8, 4) is 0 Å². The Balaban J connectivity index is 2.99. The molecule has 0 aliphatic rings. The van der Waals surface area contributed by atoms with Gasteiger partial charge in [0.25, 0.3) is 11.6 Å². The molecule has 20 heavy (non-hydrogen) atoms. The minimum atomic E-state index is -1.33. The van der Waals surface area contributed by atoms with Crippen molar-refractivity contribution in [2.24, 2.45) is 0 Å². The molecule has 0 saturated heterocycles. The molecule has 1 aromatic rings. The molecule has 108 valence electrons. The van der Waals surface area contributed by atoms with Gasteiger partial charge < -0.3 is 15.5 Å². The van der Waals surface area contributed by atoms with Gasteiger partial charge in [-0.3, -0.25) is 14.9 Å². The molecule has 1 amide bonds. The highest BCUT2D eigenvalue weighted by Gasteiger charge is 2.22. The van der Waals surface area contributed by atoms with Gasteiger partial charge in [0.2, 0.25) is 0 Å². The Morgan fingerprint density at radius 2 is 2.10 bits per heavy atom. The number of rotatable bonds is 6. The second-order valence-corrected chi connectivity index (χ2v) is 4.21. The first kappa shape index (κ1) is 15.9. The number of benzene rings is 1. The van der Waals surface area contributed by atoms with Crippen LogP contribution in [0.3, 0.4) is 0 Å². The number of carboxylic acids is 1. The zero-order chi connectivity index (χ0) is 15.3. The van der Waals surface area contributed by atoms with E-state index < -0.39 is 29.4 Å². The van der Waals surface area contributed by atoms with Crippen molar-refractivity contribution < 1.29 is 24.7 Å². The molecule has 0 spiro atoms. The van der Waals surface area contributed by atoms with Gasteiger partial charge in [0, 0.05) is 25.2 Å². The van der Waals surface area contributed by atoms with E-state index in [4.69, 9.17) is 21.8 Å². The van der Waals surface area contributed by atoms with Crippen LogP contribution in [0, 0.1) is 10.1 Å². The third-order valence-corrected chi connectivity index (χ3v) is 2.76. The highest BCUT2D eigenvalue weighted by atomic mass is 35.5. The third-order valence-electron chi connectivity index (χ3n) is 2.43. The van der Waals surface area contributed by atoms with Gasteiger partial charge in [0.05, 0.1) is 15.5 Å². The summed E-state index contributed by atoms with van der Waals surface area (Å²) < 4.78 is 0. The van der Waals surface area contributed by atoms with Crippen LogP contribution in [-0.4, -0.2) is 39.7 Å². The molecule has 0 aliphatic carbocycles. The molecule has 0 aliphatic heterocycles. The van der Waals surface area contributed by atoms with Gasteiger partial charge in [-0.15, -0.1) is 0 Å². The van der Waals surface area contributed by atoms with Gasteiger partial charge in [-0.1, -0.05) is 11.6 Å². The summed E-state index contributed by atoms with van der Waals surface area (Å²) in [5.41, 5.74) is -0.543. The van der Waals surface area contributed by atoms with Crippen LogP contribution in [0.15, 0.2) is 18.2 Å². The number of amides is 1. The van der Waals surface area contributed by atoms with Crippen LogP contribution in [0.25, 0.3) is 0 Å². The molecule has 3 N–H and O–H groups in total. The van der Waals surface area contributed by atoms with Crippen molar-refractivity contribution in [3.63, 3.8) is 0 Å². The van der Waals surface area contributed by atoms with Gasteiger partial charge in [0.1, 0.15) is 6.04 Å². The molecule has 1 aromatic carbocycles. The van der Waals surface area contributed by atoms with E-state index in [0.29, 0.717) is 0 Å². The number of aliphatic hydroxyl groups excluding tert-OH is 1. The van der Waals surface area contributed by atoms with Crippen LogP contribution >= 0.6 is 11.6 Å². The van der Waals surface area contributed by atoms with Crippen LogP contribution < -0.4 is 5.32 Å². The third kappa shape index (κ3) is 3.90. The average Bonchev–Trinajstić information content (AvgIpc) is 2.38. The molecule has 0 bridgehead atoms. The lowest BCUT2D eigenvalue weighted by molar-refractivity contribution is -0.384. The Morgan fingerprint density at radius 1 is 1.45 bits per heavy atom. The first-order valence-electron chi connectivity index (χ1n) is 5.45. The summed E-state index contributed by atoms with van der Waals surface area (Å²) in [4.78, 5) is 32.6. The smallest absolute Gasteiger partial charge is 0.326 e. The number of non-ortho nitro benzene ring substituents is 1. The molecule has 0 fully saturated rings. The Bertz CT molecular complexity index is 548. The van der Waals surface area contributed by atoms with E-state index >= 15 is 0 Å². The largest absolute Gasteiger partial charge is 0.480 e. The molecule has 1 atom stereocenters. The number of carboxylic acid groups (broad SMARTS) is 1. The Hall–Kier alpha value is -2.19. The predicted molar refractivity (Wildman–Crippen MR) is 68.7 cm³/mol. The second kappa shape index (κ2) is 6.83. The number of nitrogens with zero attached hydrogens (tertiary/aromatic N) is 1. The number of halogens is 1. The van der Waals surface area contributed by atoms with Gasteiger partial charge in [0.15, 0.2) is 0 Å². The molecular weight excluding hydrogens is 292 g/mol. The molecule has 1 rings (SSSR count). The first-order chi connectivity index (χ1) is 9.36. The van der Waals surface area contributed by atoms with Crippen LogP contribution in [-0.2, 0) is 4.79 Å². The van der Waals surface area contributed by atoms with Crippen LogP contribution in [0.2, 0.25) is 5.02 Å². The fourth-order valence-corrected chi connectivity index (χ4v) is 1.63. The molecule has 0 aromatic heterocycles. The van der Waals surface area contributed by atoms with Crippen LogP contribution in [0.4, 0.5) is 5.69 Å². The zero-order valence-corrected chi connectivity index (χ0v) is 10.8. The first-order valence-corrected chi connectivity index (χ1v) is 5.83. The molecule has 0 heterocycles. The number of hydrogen-bond acceptors (Lipinski definition) is 5. The number of hydrogen-bond donors (Lipinski definition) is 3. The maximum atomic E-state index is 11.9. The van der Waals surface area contributed by atoms with Gasteiger partial charge in [-0.25, -0.2) is 4.79 Å². The molecule has 0 radical (unpaired) electrons. The van der Waals surface area contributed by atoms with E-state index in [2.05, 4.69) is 5.32 Å². The number of carbonyl (C=O) groups excluding carboxylic acids is 1. The standard InChI is InChI=1S/C11H11ClN2O6/c12-8-2-1-6(14(19)20)5-7(8)10(16)13-9(3-4-15)11(17)18/h1-2,5,9,15H,3-4H2,(H,13,16)(H,17,18). The normalized spacial score (nSPS) is 11.7. The van der Waals surface area contributed by atoms with Crippen LogP contribution in [0.5, 0.6) is 0 Å². The summed E-state index contributed by atoms with van der Waals surface area (Å²) in [5.74, 6) is -2.19. The second-order valence-electron chi connectivity index (χ2n) is 3.80. The Labute approximate surface area is 118 Å². The lowest BCUT2D eigenvalue weighted by Crippen LogP contribution is -2.41. The van der Waals surface area contributed by atoms with Crippen molar-refractivity contribution in [1.29, 1.82) is 0 Å². The van der Waals surface area contributed by atoms with Gasteiger partial charge in [-0.05, 0) is 6.07 Å². The Morgan fingerprint density at radius 3 is 2.60 bits per heavy atom. The van der Waals surface area contributed by atoms with Gasteiger partial charge >= 0.3 is 5.97 Å². The molecule has 8 nitrogen and oxygen atoms in total. The topological polar surface area (TPSA) is 130 Å². The van der Waals surface area contributed by atoms with E-state index in [0.717, 1.165) is 12.1 Å². The fraction of sp³-hybridized carbons (Fsp3) is 0.273. The predicted octanol–water partition coefficient (Wildman–Crippen LogP) is 0.814. The lowest BCUT2D eigenvalue weighted by Gasteiger charge is -2.13. The summed E-state index contributed by atoms with van der Waals surface area (Å²) in [6, 6.07) is 1.95. The fourth-order valence-electron chi connectivity index (χ4n) is 1.42. The highest BCUT2D eigenvalue weighted by molar-refractivity contribution is 6.34. The minimum absolute atomic E-state index is 0.0405. The van der Waals surface area contributed by atoms with Crippen molar-refractivity contribution >= 4 is 29.2 Å². The van der Waals surface area contributed by atoms with Crippen molar-refractivity contribution in [2.75, 3.05) is 6.61 Å². The number of nitrogens with one attached hydrogen (secondary N) is 1. The number of aliphatic hydroxyl groups is 1. The monoisotopic (exact) mass is 302 g/mol. The maximum Gasteiger partial charge on any atom is 0.326 e. The number of nitro groups is 1. The lowest BCUT2D eigenvalue weighted by atomic mass is 10.1. The van der Waals surface area contributed by atoms with E-state index in [1.165, 1.54) is 6.07 Å². The summed E-state index contributed by atoms with van der Waals surface area (Å²) in [5, 5.41) is 30.3. The quantitative estimate of drug-likeness (QED) is 0.526. The molecular formula is C11H11ClN2O6. The van der Waals surface area contributed by atoms with Crippen LogP contribution in [0.1, 0.15) is 16.8 Å². The SMILES string of the molecule is O=C(NC(CCO)C(=O)O)c1cc([N+](=O)[O-])ccc1Cl. The minimum Gasteiger partial charge on any atom is -0.480 e. The average molecular weight is 303 g/mol. The number of nitro benzene ring substituents is 1. The van der Waals surface area contributed by atoms with E-state index in [1.807, 2.05) is 0 Å². The summed E-state index contributed by atoms with van der Waals surface area (Å²) >= 11 is 5.76. The number of carbonyl (C=O) groups is 2. The van der Waals surface area contributed by atoms with Crippen molar-refractivity contribution in [1.82, 2.24) is 5.32 Å². The molecule has 0 saturated carbocycles. The van der Waals surface area contributed by atoms with Crippen molar-refractivity contribution in [2.45, 2.75) is 12.5 Å². The van der Waals surface area contributed by atoms with E-state index in [1.54, 1.807) is 0 Å². The Kier molecular flexibility index (Phi) is 5.42. The molecule has 9 heteroatoms. The maximum absolute atomic E-state index is 11.9. The van der Waals surface area contributed by atoms with Crippen molar-refractivity contribution in [3.05, 3.63) is 38.9 Å². The number of aliphatic carboxylic acids is 1. The zero-order valence-electron chi connectivity index (χ0n) is 10.1. The van der Waals surface area contributed by atoms with Gasteiger partial charge in [-0.2, -0.15) is 0 Å². The van der Waals surface area contributed by atoms with E-state index in [9.17, 15) is 19.7 Å². The summed E-state index contributed by atoms with van der Waals surface area (Å²) in [7, 11) is 0. The summed E-state index contributed by atoms with van der Waals surface area (Å²) in [6.45, 7) is -0.431. The summed E-state index contributed by atoms with van der Waals surface area (Å²) in [6.07, 6.45) is -0.187. The highest BCUT2D eigenvalue weighted by Crippen LogP contribution is 2.22. The van der Waals surface area contributed by atoms with E-state index in [-0.39, 0.29) is 22.7 Å².